The summed E-state index contributed by atoms with van der Waals surface area (Å²) >= 11 is 0. The molecule has 0 unspecified atom stereocenters. The molecule has 3 aromatic heterocycles. The number of aliphatic hydroxyl groups is 1. The van der Waals surface area contributed by atoms with Crippen LogP contribution in [-0.2, 0) is 6.54 Å². The van der Waals surface area contributed by atoms with Gasteiger partial charge >= 0.3 is 0 Å². The van der Waals surface area contributed by atoms with Crippen molar-refractivity contribution in [2.75, 3.05) is 50.9 Å². The first-order valence-corrected chi connectivity index (χ1v) is 13.1. The predicted octanol–water partition coefficient (Wildman–Crippen LogP) is 2.63. The van der Waals surface area contributed by atoms with E-state index in [0.29, 0.717) is 23.8 Å². The second-order valence-electron chi connectivity index (χ2n) is 10.9. The molecule has 2 aliphatic carbocycles. The normalized spacial score (nSPS) is 20.1. The lowest BCUT2D eigenvalue weighted by molar-refractivity contribution is 0.164. The molecule has 0 aromatic carbocycles. The molecule has 36 heavy (non-hydrogen) atoms. The van der Waals surface area contributed by atoms with Crippen LogP contribution < -0.4 is 15.8 Å². The van der Waals surface area contributed by atoms with Crippen LogP contribution in [0.3, 0.4) is 0 Å². The van der Waals surface area contributed by atoms with E-state index >= 15 is 0 Å². The third-order valence-electron chi connectivity index (χ3n) is 8.41. The fourth-order valence-electron chi connectivity index (χ4n) is 6.18. The number of hydrogen-bond acceptors (Lipinski definition) is 9. The summed E-state index contributed by atoms with van der Waals surface area (Å²) in [5.41, 5.74) is 10.3. The van der Waals surface area contributed by atoms with Crippen LogP contribution in [0.5, 0.6) is 5.75 Å². The first-order chi connectivity index (χ1) is 17.6. The van der Waals surface area contributed by atoms with Gasteiger partial charge in [-0.25, -0.2) is 4.98 Å². The van der Waals surface area contributed by atoms with Crippen LogP contribution in [-0.4, -0.2) is 74.6 Å². The van der Waals surface area contributed by atoms with Gasteiger partial charge in [-0.15, -0.1) is 0 Å². The number of fused-ring (bicyclic) bond motifs is 1. The number of methoxy groups -OCH3 is 1. The van der Waals surface area contributed by atoms with E-state index in [1.165, 1.54) is 31.2 Å². The highest BCUT2D eigenvalue weighted by molar-refractivity contribution is 5.86. The van der Waals surface area contributed by atoms with Gasteiger partial charge in [0.05, 0.1) is 26.5 Å². The zero-order valence-electron chi connectivity index (χ0n) is 21.0. The summed E-state index contributed by atoms with van der Waals surface area (Å²) < 4.78 is 7.65. The number of ether oxygens (including phenoxy) is 1. The number of nitrogens with zero attached hydrogens (tertiary/aromatic N) is 6. The van der Waals surface area contributed by atoms with Gasteiger partial charge in [-0.05, 0) is 80.5 Å². The first kappa shape index (κ1) is 23.4. The van der Waals surface area contributed by atoms with E-state index < -0.39 is 0 Å². The molecule has 0 atom stereocenters. The van der Waals surface area contributed by atoms with Gasteiger partial charge in [0, 0.05) is 19.3 Å². The van der Waals surface area contributed by atoms with Crippen molar-refractivity contribution in [3.05, 3.63) is 29.7 Å². The fraction of sp³-hybridized carbons (Fsp3) is 0.615. The van der Waals surface area contributed by atoms with Crippen molar-refractivity contribution >= 4 is 22.8 Å². The van der Waals surface area contributed by atoms with E-state index in [4.69, 9.17) is 15.5 Å². The number of β-amino-alcohol motifs (C(OH)–C–C–N with tert-alkyl or cyclic N) is 1. The minimum Gasteiger partial charge on any atom is -0.495 e. The van der Waals surface area contributed by atoms with Gasteiger partial charge < -0.3 is 25.8 Å². The van der Waals surface area contributed by atoms with Crippen LogP contribution in [0.1, 0.15) is 55.7 Å². The lowest BCUT2D eigenvalue weighted by Crippen LogP contribution is -2.35. The average Bonchev–Trinajstić information content (AvgIpc) is 3.57. The molecule has 10 nitrogen and oxygen atoms in total. The summed E-state index contributed by atoms with van der Waals surface area (Å²) in [6.07, 6.45) is 11.3. The van der Waals surface area contributed by atoms with E-state index in [2.05, 4.69) is 31.3 Å². The smallest absolute Gasteiger partial charge is 0.222 e. The summed E-state index contributed by atoms with van der Waals surface area (Å²) in [4.78, 5) is 16.0. The molecule has 1 spiro atoms. The summed E-state index contributed by atoms with van der Waals surface area (Å²) in [7, 11) is 1.69. The van der Waals surface area contributed by atoms with E-state index in [-0.39, 0.29) is 12.6 Å². The molecule has 3 aliphatic rings. The molecule has 0 bridgehead atoms. The van der Waals surface area contributed by atoms with Crippen molar-refractivity contribution in [3.63, 3.8) is 0 Å². The third kappa shape index (κ3) is 4.59. The summed E-state index contributed by atoms with van der Waals surface area (Å²) in [6, 6.07) is 2.12. The van der Waals surface area contributed by atoms with Crippen molar-refractivity contribution in [3.8, 4) is 5.75 Å². The highest BCUT2D eigenvalue weighted by atomic mass is 16.5. The van der Waals surface area contributed by atoms with E-state index in [9.17, 15) is 5.11 Å². The molecule has 0 amide bonds. The van der Waals surface area contributed by atoms with Crippen LogP contribution in [0.25, 0.3) is 11.0 Å². The maximum atomic E-state index is 9.20. The Balaban J connectivity index is 1.19. The van der Waals surface area contributed by atoms with Gasteiger partial charge in [-0.3, -0.25) is 9.67 Å². The molecule has 6 rings (SSSR count). The minimum absolute atomic E-state index is 0.215. The van der Waals surface area contributed by atoms with Crippen molar-refractivity contribution in [2.45, 2.75) is 51.0 Å². The Bertz CT molecular complexity index is 1220. The summed E-state index contributed by atoms with van der Waals surface area (Å²) in [5.74, 6) is 2.90. The standard InChI is InChI=1S/C26H36N8O2/c1-36-22-10-19(18-2-6-33(7-3-18)8-9-35)14-28-21(22)16-34-23-20(15-30-34)31-25(27)32-24(23)29-13-17-11-26(12-17)4-5-26/h10,14-15,17-18,35H,2-9,11-13,16H2,1H3,(H3,27,29,31,32). The Morgan fingerprint density at radius 3 is 2.72 bits per heavy atom. The van der Waals surface area contributed by atoms with E-state index in [1.807, 2.05) is 10.9 Å². The number of likely N-dealkylation sites (tertiary alicyclic amines) is 1. The Morgan fingerprint density at radius 1 is 1.19 bits per heavy atom. The number of nitrogen functional groups attached to an aromatic ring is 1. The number of hydrogen-bond donors (Lipinski definition) is 3. The predicted molar refractivity (Wildman–Crippen MR) is 138 cm³/mol. The van der Waals surface area contributed by atoms with Crippen LogP contribution >= 0.6 is 0 Å². The highest BCUT2D eigenvalue weighted by Gasteiger charge is 2.52. The quantitative estimate of drug-likeness (QED) is 0.413. The topological polar surface area (TPSA) is 127 Å². The number of aliphatic hydroxyl groups excluding tert-OH is 1. The molecule has 4 heterocycles. The minimum atomic E-state index is 0.215. The van der Waals surface area contributed by atoms with Gasteiger partial charge in [0.1, 0.15) is 22.5 Å². The lowest BCUT2D eigenvalue weighted by Gasteiger charge is -2.36. The number of pyridine rings is 1. The zero-order chi connectivity index (χ0) is 24.7. The van der Waals surface area contributed by atoms with Gasteiger partial charge in [-0.1, -0.05) is 0 Å². The van der Waals surface area contributed by atoms with Crippen LogP contribution in [0.2, 0.25) is 0 Å². The third-order valence-corrected chi connectivity index (χ3v) is 8.41. The van der Waals surface area contributed by atoms with Crippen LogP contribution in [0, 0.1) is 11.3 Å². The number of aromatic nitrogens is 5. The van der Waals surface area contributed by atoms with Crippen molar-refractivity contribution in [1.82, 2.24) is 29.6 Å². The molecule has 1 aliphatic heterocycles. The number of nitrogens with two attached hydrogens (primary N) is 1. The largest absolute Gasteiger partial charge is 0.495 e. The van der Waals surface area contributed by atoms with Gasteiger partial charge in [0.15, 0.2) is 5.82 Å². The molecule has 0 radical (unpaired) electrons. The maximum Gasteiger partial charge on any atom is 0.222 e. The van der Waals surface area contributed by atoms with Gasteiger partial charge in [-0.2, -0.15) is 10.1 Å². The monoisotopic (exact) mass is 492 g/mol. The molecular weight excluding hydrogens is 456 g/mol. The Morgan fingerprint density at radius 2 is 2.00 bits per heavy atom. The lowest BCUT2D eigenvalue weighted by atomic mass is 9.72. The Kier molecular flexibility index (Phi) is 6.17. The van der Waals surface area contributed by atoms with Crippen LogP contribution in [0.15, 0.2) is 18.5 Å². The number of rotatable bonds is 9. The number of nitrogens with one attached hydrogen (secondary N) is 1. The van der Waals surface area contributed by atoms with Crippen LogP contribution in [0.4, 0.5) is 11.8 Å². The zero-order valence-corrected chi connectivity index (χ0v) is 21.0. The number of piperidine rings is 1. The van der Waals surface area contributed by atoms with Gasteiger partial charge in [0.25, 0.3) is 0 Å². The van der Waals surface area contributed by atoms with Gasteiger partial charge in [0.2, 0.25) is 5.95 Å². The van der Waals surface area contributed by atoms with E-state index in [0.717, 1.165) is 67.3 Å². The second kappa shape index (κ2) is 9.48. The Hall–Kier alpha value is -2.98. The summed E-state index contributed by atoms with van der Waals surface area (Å²) in [6.45, 7) is 4.30. The molecule has 2 saturated carbocycles. The molecule has 192 valence electrons. The van der Waals surface area contributed by atoms with E-state index in [1.54, 1.807) is 13.3 Å². The SMILES string of the molecule is COc1cc(C2CCN(CCO)CC2)cnc1Cn1ncc2nc(N)nc(NCC3CC4(CC4)C3)c21. The second-order valence-corrected chi connectivity index (χ2v) is 10.9. The highest BCUT2D eigenvalue weighted by Crippen LogP contribution is 2.63. The Labute approximate surface area is 211 Å². The maximum absolute atomic E-state index is 9.20. The first-order valence-electron chi connectivity index (χ1n) is 13.1. The molecule has 3 fully saturated rings. The van der Waals surface area contributed by atoms with Crippen molar-refractivity contribution in [1.29, 1.82) is 0 Å². The fourth-order valence-corrected chi connectivity index (χ4v) is 6.18. The number of anilines is 2. The van der Waals surface area contributed by atoms with Crippen molar-refractivity contribution < 1.29 is 9.84 Å². The molecule has 1 saturated heterocycles. The molecule has 10 heteroatoms. The molecule has 3 aromatic rings. The average molecular weight is 493 g/mol. The molecular formula is C26H36N8O2. The summed E-state index contributed by atoms with van der Waals surface area (Å²) in [5, 5.41) is 17.3. The molecule has 4 N–H and O–H groups in total. The van der Waals surface area contributed by atoms with Crippen molar-refractivity contribution in [2.24, 2.45) is 11.3 Å².